The van der Waals surface area contributed by atoms with E-state index in [0.717, 1.165) is 17.5 Å². The second-order valence-electron chi connectivity index (χ2n) is 3.93. The molecule has 1 heterocycles. The maximum absolute atomic E-state index is 11.5. The quantitative estimate of drug-likeness (QED) is 0.862. The maximum atomic E-state index is 11.5. The summed E-state index contributed by atoms with van der Waals surface area (Å²) in [5.41, 5.74) is 9.68. The molecular weight excluding hydrogens is 246 g/mol. The first kappa shape index (κ1) is 12.6. The third-order valence-electron chi connectivity index (χ3n) is 2.87. The molecule has 94 valence electrons. The molecule has 0 aliphatic rings. The van der Waals surface area contributed by atoms with Crippen LogP contribution in [0.3, 0.4) is 0 Å². The van der Waals surface area contributed by atoms with Crippen molar-refractivity contribution in [1.29, 1.82) is 0 Å². The van der Waals surface area contributed by atoms with E-state index in [2.05, 4.69) is 19.1 Å². The van der Waals surface area contributed by atoms with Crippen LogP contribution < -0.4 is 5.73 Å². The summed E-state index contributed by atoms with van der Waals surface area (Å²) < 4.78 is 4.69. The summed E-state index contributed by atoms with van der Waals surface area (Å²) in [6.45, 7) is 2.11. The molecule has 2 N–H and O–H groups in total. The molecule has 4 heteroatoms. The lowest BCUT2D eigenvalue weighted by Gasteiger charge is -2.03. The topological polar surface area (TPSA) is 52.3 Å². The van der Waals surface area contributed by atoms with E-state index in [9.17, 15) is 4.79 Å². The molecule has 0 unspecified atom stereocenters. The summed E-state index contributed by atoms with van der Waals surface area (Å²) >= 11 is 1.31. The Morgan fingerprint density at radius 2 is 2.00 bits per heavy atom. The molecule has 2 aromatic rings. The number of aryl methyl sites for hydroxylation is 1. The fourth-order valence-corrected chi connectivity index (χ4v) is 2.68. The number of methoxy groups -OCH3 is 1. The zero-order chi connectivity index (χ0) is 13.1. The van der Waals surface area contributed by atoms with Gasteiger partial charge < -0.3 is 10.5 Å². The molecular formula is C14H15NO2S. The van der Waals surface area contributed by atoms with Gasteiger partial charge in [-0.15, -0.1) is 11.3 Å². The van der Waals surface area contributed by atoms with Gasteiger partial charge in [0, 0.05) is 10.9 Å². The van der Waals surface area contributed by atoms with Crippen LogP contribution in [0.15, 0.2) is 29.6 Å². The smallest absolute Gasteiger partial charge is 0.350 e. The van der Waals surface area contributed by atoms with Gasteiger partial charge in [-0.2, -0.15) is 0 Å². The van der Waals surface area contributed by atoms with Crippen LogP contribution in [0.4, 0.5) is 5.69 Å². The van der Waals surface area contributed by atoms with E-state index in [1.165, 1.54) is 24.0 Å². The molecule has 1 aromatic heterocycles. The van der Waals surface area contributed by atoms with Gasteiger partial charge in [-0.25, -0.2) is 4.79 Å². The Bertz CT molecular complexity index is 558. The third-order valence-corrected chi connectivity index (χ3v) is 3.85. The van der Waals surface area contributed by atoms with Gasteiger partial charge in [-0.3, -0.25) is 0 Å². The Hall–Kier alpha value is -1.81. The molecule has 0 bridgehead atoms. The summed E-state index contributed by atoms with van der Waals surface area (Å²) in [4.78, 5) is 12.0. The number of benzene rings is 1. The number of anilines is 1. The van der Waals surface area contributed by atoms with Gasteiger partial charge in [0.25, 0.3) is 0 Å². The van der Waals surface area contributed by atoms with Gasteiger partial charge in [-0.1, -0.05) is 31.2 Å². The fraction of sp³-hybridized carbons (Fsp3) is 0.214. The van der Waals surface area contributed by atoms with Gasteiger partial charge in [0.1, 0.15) is 4.88 Å². The van der Waals surface area contributed by atoms with Crippen LogP contribution in [0.25, 0.3) is 11.1 Å². The third kappa shape index (κ3) is 2.24. The lowest BCUT2D eigenvalue weighted by atomic mass is 10.0. The SMILES string of the molecule is CCc1ccc(-c2csc(C(=O)OC)c2N)cc1. The van der Waals surface area contributed by atoms with Crippen molar-refractivity contribution in [3.05, 3.63) is 40.1 Å². The Morgan fingerprint density at radius 3 is 2.56 bits per heavy atom. The van der Waals surface area contributed by atoms with Crippen LogP contribution >= 0.6 is 11.3 Å². The number of esters is 1. The molecule has 0 amide bonds. The lowest BCUT2D eigenvalue weighted by Crippen LogP contribution is -2.02. The fourth-order valence-electron chi connectivity index (χ4n) is 1.76. The van der Waals surface area contributed by atoms with E-state index in [1.807, 2.05) is 17.5 Å². The highest BCUT2D eigenvalue weighted by Gasteiger charge is 2.16. The van der Waals surface area contributed by atoms with Crippen molar-refractivity contribution in [2.45, 2.75) is 13.3 Å². The van der Waals surface area contributed by atoms with Gasteiger partial charge in [-0.05, 0) is 17.5 Å². The van der Waals surface area contributed by atoms with Crippen molar-refractivity contribution in [3.63, 3.8) is 0 Å². The standard InChI is InChI=1S/C14H15NO2S/c1-3-9-4-6-10(7-5-9)11-8-18-13(12(11)15)14(16)17-2/h4-8H,3,15H2,1-2H3. The second kappa shape index (κ2) is 5.23. The van der Waals surface area contributed by atoms with Crippen LogP contribution in [-0.4, -0.2) is 13.1 Å². The Labute approximate surface area is 110 Å². The van der Waals surface area contributed by atoms with E-state index in [0.29, 0.717) is 10.6 Å². The minimum atomic E-state index is -0.381. The zero-order valence-corrected chi connectivity index (χ0v) is 11.2. The summed E-state index contributed by atoms with van der Waals surface area (Å²) in [5, 5.41) is 1.89. The minimum absolute atomic E-state index is 0.381. The summed E-state index contributed by atoms with van der Waals surface area (Å²) in [5.74, 6) is -0.381. The minimum Gasteiger partial charge on any atom is -0.465 e. The molecule has 0 fully saturated rings. The van der Waals surface area contributed by atoms with Crippen molar-refractivity contribution in [2.24, 2.45) is 0 Å². The van der Waals surface area contributed by atoms with Gasteiger partial charge in [0.05, 0.1) is 12.8 Å². The summed E-state index contributed by atoms with van der Waals surface area (Å²) in [6, 6.07) is 8.20. The predicted molar refractivity (Wildman–Crippen MR) is 74.9 cm³/mol. The zero-order valence-electron chi connectivity index (χ0n) is 10.4. The van der Waals surface area contributed by atoms with Gasteiger partial charge in [0.15, 0.2) is 0 Å². The van der Waals surface area contributed by atoms with Gasteiger partial charge in [0.2, 0.25) is 0 Å². The number of nitrogens with two attached hydrogens (primary N) is 1. The van der Waals surface area contributed by atoms with Crippen molar-refractivity contribution < 1.29 is 9.53 Å². The molecule has 0 saturated carbocycles. The molecule has 0 aliphatic heterocycles. The summed E-state index contributed by atoms with van der Waals surface area (Å²) in [6.07, 6.45) is 1.01. The van der Waals surface area contributed by atoms with Gasteiger partial charge >= 0.3 is 5.97 Å². The largest absolute Gasteiger partial charge is 0.465 e. The van der Waals surface area contributed by atoms with E-state index in [-0.39, 0.29) is 5.97 Å². The second-order valence-corrected chi connectivity index (χ2v) is 4.81. The van der Waals surface area contributed by atoms with Crippen molar-refractivity contribution in [2.75, 3.05) is 12.8 Å². The normalized spacial score (nSPS) is 10.3. The molecule has 1 aromatic carbocycles. The summed E-state index contributed by atoms with van der Waals surface area (Å²) in [7, 11) is 1.36. The average molecular weight is 261 g/mol. The van der Waals surface area contributed by atoms with E-state index >= 15 is 0 Å². The number of rotatable bonds is 3. The molecule has 3 nitrogen and oxygen atoms in total. The number of carbonyl (C=O) groups excluding carboxylic acids is 1. The maximum Gasteiger partial charge on any atom is 0.350 e. The van der Waals surface area contributed by atoms with Crippen LogP contribution in [0.2, 0.25) is 0 Å². The van der Waals surface area contributed by atoms with Crippen molar-refractivity contribution in [1.82, 2.24) is 0 Å². The van der Waals surface area contributed by atoms with Crippen molar-refractivity contribution >= 4 is 23.0 Å². The highest BCUT2D eigenvalue weighted by Crippen LogP contribution is 2.34. The first-order valence-corrected chi connectivity index (χ1v) is 6.60. The Balaban J connectivity index is 2.39. The van der Waals surface area contributed by atoms with Crippen LogP contribution in [0, 0.1) is 0 Å². The Kier molecular flexibility index (Phi) is 3.67. The number of nitrogen functional groups attached to an aromatic ring is 1. The number of hydrogen-bond donors (Lipinski definition) is 1. The van der Waals surface area contributed by atoms with Crippen LogP contribution in [0.1, 0.15) is 22.2 Å². The number of thiophene rings is 1. The first-order valence-electron chi connectivity index (χ1n) is 5.72. The number of hydrogen-bond acceptors (Lipinski definition) is 4. The molecule has 0 aliphatic carbocycles. The Morgan fingerprint density at radius 1 is 1.33 bits per heavy atom. The molecule has 0 radical (unpaired) electrons. The molecule has 0 spiro atoms. The van der Waals surface area contributed by atoms with E-state index in [4.69, 9.17) is 10.5 Å². The number of carbonyl (C=O) groups is 1. The van der Waals surface area contributed by atoms with E-state index < -0.39 is 0 Å². The lowest BCUT2D eigenvalue weighted by molar-refractivity contribution is 0.0607. The first-order chi connectivity index (χ1) is 8.67. The number of ether oxygens (including phenoxy) is 1. The predicted octanol–water partition coefficient (Wildman–Crippen LogP) is 3.35. The molecule has 18 heavy (non-hydrogen) atoms. The van der Waals surface area contributed by atoms with Crippen LogP contribution in [-0.2, 0) is 11.2 Å². The van der Waals surface area contributed by atoms with Crippen LogP contribution in [0.5, 0.6) is 0 Å². The van der Waals surface area contributed by atoms with E-state index in [1.54, 1.807) is 0 Å². The monoisotopic (exact) mass is 261 g/mol. The highest BCUT2D eigenvalue weighted by molar-refractivity contribution is 7.13. The highest BCUT2D eigenvalue weighted by atomic mass is 32.1. The van der Waals surface area contributed by atoms with Crippen molar-refractivity contribution in [3.8, 4) is 11.1 Å². The molecule has 0 atom stereocenters. The average Bonchev–Trinajstić information content (AvgIpc) is 2.80. The molecule has 0 saturated heterocycles. The molecule has 2 rings (SSSR count).